The zero-order chi connectivity index (χ0) is 19.0. The summed E-state index contributed by atoms with van der Waals surface area (Å²) in [4.78, 5) is 18.4. The van der Waals surface area contributed by atoms with Crippen LogP contribution in [0, 0.1) is 6.92 Å². The van der Waals surface area contributed by atoms with Crippen LogP contribution in [0.3, 0.4) is 0 Å². The van der Waals surface area contributed by atoms with Crippen molar-refractivity contribution in [1.82, 2.24) is 9.88 Å². The number of likely N-dealkylation sites (tertiary alicyclic amines) is 1. The molecular formula is C21H28N2O4. The van der Waals surface area contributed by atoms with Crippen LogP contribution in [0.2, 0.25) is 0 Å². The number of nitrogens with zero attached hydrogens (tertiary/aromatic N) is 1. The Hall–Kier alpha value is -2.05. The third-order valence-electron chi connectivity index (χ3n) is 6.25. The van der Waals surface area contributed by atoms with Gasteiger partial charge in [-0.05, 0) is 56.4 Å². The molecule has 1 N–H and O–H groups in total. The number of rotatable bonds is 3. The molecule has 2 aliphatic heterocycles. The smallest absolute Gasteiger partial charge is 0.270 e. The van der Waals surface area contributed by atoms with Crippen LogP contribution in [0.25, 0.3) is 10.9 Å². The largest absolute Gasteiger partial charge is 0.497 e. The topological polar surface area (TPSA) is 63.8 Å². The van der Waals surface area contributed by atoms with Crippen LogP contribution in [0.4, 0.5) is 0 Å². The van der Waals surface area contributed by atoms with Crippen molar-refractivity contribution in [3.63, 3.8) is 0 Å². The van der Waals surface area contributed by atoms with E-state index in [1.807, 2.05) is 30.0 Å². The Bertz CT molecular complexity index is 836. The first-order chi connectivity index (χ1) is 13.1. The van der Waals surface area contributed by atoms with Crippen LogP contribution in [-0.4, -0.2) is 61.4 Å². The lowest BCUT2D eigenvalue weighted by Gasteiger charge is -2.47. The summed E-state index contributed by atoms with van der Waals surface area (Å²) in [5, 5.41) is 1.03. The number of piperidine rings is 1. The number of aryl methyl sites for hydroxylation is 1. The molecule has 1 spiro atoms. The molecule has 6 heteroatoms. The number of amides is 1. The molecule has 2 fully saturated rings. The molecule has 2 aromatic rings. The number of aromatic amines is 1. The van der Waals surface area contributed by atoms with Crippen molar-refractivity contribution in [1.29, 1.82) is 0 Å². The number of carbonyl (C=O) groups is 1. The molecule has 0 aliphatic carbocycles. The zero-order valence-corrected chi connectivity index (χ0v) is 16.3. The molecule has 1 aromatic heterocycles. The van der Waals surface area contributed by atoms with Gasteiger partial charge in [0.1, 0.15) is 11.4 Å². The second kappa shape index (κ2) is 7.17. The average molecular weight is 372 g/mol. The second-order valence-electron chi connectivity index (χ2n) is 7.61. The van der Waals surface area contributed by atoms with Gasteiger partial charge in [-0.25, -0.2) is 0 Å². The van der Waals surface area contributed by atoms with Gasteiger partial charge in [0, 0.05) is 37.7 Å². The minimum absolute atomic E-state index is 0.0577. The predicted molar refractivity (Wildman–Crippen MR) is 103 cm³/mol. The summed E-state index contributed by atoms with van der Waals surface area (Å²) in [5.41, 5.74) is 2.37. The normalized spacial score (nSPS) is 22.3. The third kappa shape index (κ3) is 3.11. The number of ether oxygens (including phenoxy) is 3. The highest BCUT2D eigenvalue weighted by molar-refractivity contribution is 6.01. The van der Waals surface area contributed by atoms with Crippen molar-refractivity contribution < 1.29 is 19.0 Å². The van der Waals surface area contributed by atoms with Crippen molar-refractivity contribution >= 4 is 16.8 Å². The Morgan fingerprint density at radius 3 is 2.78 bits per heavy atom. The van der Waals surface area contributed by atoms with E-state index in [9.17, 15) is 4.79 Å². The number of carbonyl (C=O) groups excluding carboxylic acids is 1. The van der Waals surface area contributed by atoms with Crippen LogP contribution in [0.5, 0.6) is 5.75 Å². The molecule has 4 rings (SSSR count). The molecule has 0 unspecified atom stereocenters. The molecule has 1 amide bonds. The van der Waals surface area contributed by atoms with Gasteiger partial charge in [0.25, 0.3) is 5.91 Å². The first-order valence-corrected chi connectivity index (χ1v) is 9.70. The number of H-pyrrole nitrogens is 1. The fraction of sp³-hybridized carbons (Fsp3) is 0.571. The quantitative estimate of drug-likeness (QED) is 0.898. The van der Waals surface area contributed by atoms with E-state index in [4.69, 9.17) is 14.2 Å². The van der Waals surface area contributed by atoms with E-state index < -0.39 is 0 Å². The minimum atomic E-state index is -0.230. The lowest BCUT2D eigenvalue weighted by Crippen LogP contribution is -2.56. The molecule has 6 nitrogen and oxygen atoms in total. The fourth-order valence-electron chi connectivity index (χ4n) is 4.59. The maximum Gasteiger partial charge on any atom is 0.270 e. The first-order valence-electron chi connectivity index (χ1n) is 9.70. The van der Waals surface area contributed by atoms with Crippen molar-refractivity contribution in [2.24, 2.45) is 0 Å². The summed E-state index contributed by atoms with van der Waals surface area (Å²) >= 11 is 0. The molecule has 0 radical (unpaired) electrons. The van der Waals surface area contributed by atoms with Gasteiger partial charge in [-0.2, -0.15) is 0 Å². The van der Waals surface area contributed by atoms with Gasteiger partial charge in [-0.15, -0.1) is 0 Å². The summed E-state index contributed by atoms with van der Waals surface area (Å²) in [6.07, 6.45) is 3.86. The number of methoxy groups -OCH3 is 2. The van der Waals surface area contributed by atoms with Crippen LogP contribution >= 0.6 is 0 Å². The van der Waals surface area contributed by atoms with Crippen LogP contribution in [0.15, 0.2) is 18.2 Å². The number of hydrogen-bond acceptors (Lipinski definition) is 4. The SMILES string of the molecule is COc1ccc2[nH]c(C(=O)N3CCC4(CC3)OCCC[C@H]4OC)c(C)c2c1. The molecule has 3 heterocycles. The van der Waals surface area contributed by atoms with Crippen molar-refractivity contribution in [3.05, 3.63) is 29.5 Å². The van der Waals surface area contributed by atoms with Crippen LogP contribution in [-0.2, 0) is 9.47 Å². The summed E-state index contributed by atoms with van der Waals surface area (Å²) in [6.45, 7) is 4.16. The molecule has 2 aliphatic rings. The van der Waals surface area contributed by atoms with E-state index >= 15 is 0 Å². The Labute approximate surface area is 159 Å². The fourth-order valence-corrected chi connectivity index (χ4v) is 4.59. The van der Waals surface area contributed by atoms with Gasteiger partial charge in [0.15, 0.2) is 0 Å². The molecule has 27 heavy (non-hydrogen) atoms. The zero-order valence-electron chi connectivity index (χ0n) is 16.3. The van der Waals surface area contributed by atoms with Crippen molar-refractivity contribution in [2.75, 3.05) is 33.9 Å². The number of aromatic nitrogens is 1. The lowest BCUT2D eigenvalue weighted by molar-refractivity contribution is -0.183. The van der Waals surface area contributed by atoms with Gasteiger partial charge < -0.3 is 24.1 Å². The second-order valence-corrected chi connectivity index (χ2v) is 7.61. The maximum atomic E-state index is 13.2. The number of benzene rings is 1. The van der Waals surface area contributed by atoms with E-state index in [2.05, 4.69) is 4.98 Å². The monoisotopic (exact) mass is 372 g/mol. The van der Waals surface area contributed by atoms with Crippen LogP contribution < -0.4 is 4.74 Å². The Kier molecular flexibility index (Phi) is 4.86. The van der Waals surface area contributed by atoms with E-state index in [0.29, 0.717) is 18.8 Å². The predicted octanol–water partition coefficient (Wildman–Crippen LogP) is 3.29. The van der Waals surface area contributed by atoms with E-state index in [1.165, 1.54) is 0 Å². The third-order valence-corrected chi connectivity index (χ3v) is 6.25. The Morgan fingerprint density at radius 2 is 2.07 bits per heavy atom. The lowest BCUT2D eigenvalue weighted by atomic mass is 9.81. The van der Waals surface area contributed by atoms with Crippen molar-refractivity contribution in [2.45, 2.75) is 44.3 Å². The summed E-state index contributed by atoms with van der Waals surface area (Å²) < 4.78 is 17.2. The number of fused-ring (bicyclic) bond motifs is 1. The summed E-state index contributed by atoms with van der Waals surface area (Å²) in [5.74, 6) is 0.853. The molecule has 1 aromatic carbocycles. The summed E-state index contributed by atoms with van der Waals surface area (Å²) in [6, 6.07) is 5.84. The molecule has 0 saturated carbocycles. The Balaban J connectivity index is 1.53. The number of nitrogens with one attached hydrogen (secondary N) is 1. The number of hydrogen-bond donors (Lipinski definition) is 1. The minimum Gasteiger partial charge on any atom is -0.497 e. The van der Waals surface area contributed by atoms with Gasteiger partial charge in [-0.1, -0.05) is 0 Å². The first kappa shape index (κ1) is 18.3. The van der Waals surface area contributed by atoms with Crippen LogP contribution in [0.1, 0.15) is 41.7 Å². The van der Waals surface area contributed by atoms with E-state index in [1.54, 1.807) is 14.2 Å². The van der Waals surface area contributed by atoms with Gasteiger partial charge in [0.2, 0.25) is 0 Å². The van der Waals surface area contributed by atoms with Gasteiger partial charge in [0.05, 0.1) is 18.8 Å². The van der Waals surface area contributed by atoms with Gasteiger partial charge in [-0.3, -0.25) is 4.79 Å². The van der Waals surface area contributed by atoms with E-state index in [-0.39, 0.29) is 17.6 Å². The molecule has 2 saturated heterocycles. The molecule has 1 atom stereocenters. The van der Waals surface area contributed by atoms with E-state index in [0.717, 1.165) is 54.5 Å². The maximum absolute atomic E-state index is 13.2. The summed E-state index contributed by atoms with van der Waals surface area (Å²) in [7, 11) is 3.42. The average Bonchev–Trinajstić information content (AvgIpc) is 3.04. The molecule has 146 valence electrons. The van der Waals surface area contributed by atoms with Crippen molar-refractivity contribution in [3.8, 4) is 5.75 Å². The highest BCUT2D eigenvalue weighted by atomic mass is 16.5. The molecular weight excluding hydrogens is 344 g/mol. The Morgan fingerprint density at radius 1 is 1.30 bits per heavy atom. The van der Waals surface area contributed by atoms with Gasteiger partial charge >= 0.3 is 0 Å². The standard InChI is InChI=1S/C21H28N2O4/c1-14-16-13-15(25-2)6-7-17(16)22-19(14)20(24)23-10-8-21(9-11-23)18(26-3)5-4-12-27-21/h6-7,13,18,22H,4-5,8-12H2,1-3H3/t18-/m1/s1. The molecule has 0 bridgehead atoms. The highest BCUT2D eigenvalue weighted by Crippen LogP contribution is 2.37. The highest BCUT2D eigenvalue weighted by Gasteiger charge is 2.45.